The highest BCUT2D eigenvalue weighted by atomic mass is 28.3. The predicted octanol–water partition coefficient (Wildman–Crippen LogP) is 7.05. The van der Waals surface area contributed by atoms with E-state index in [1.165, 1.54) is 5.56 Å². The number of ether oxygens (including phenoxy) is 1. The topological polar surface area (TPSA) is 21.7 Å². The zero-order valence-electron chi connectivity index (χ0n) is 20.2. The Balaban J connectivity index is 2.35. The van der Waals surface area contributed by atoms with Crippen molar-refractivity contribution < 1.29 is 9.57 Å². The number of hydrogen-bond acceptors (Lipinski definition) is 3. The van der Waals surface area contributed by atoms with E-state index in [2.05, 4.69) is 114 Å². The van der Waals surface area contributed by atoms with Crippen LogP contribution < -0.4 is 0 Å². The molecule has 2 unspecified atom stereocenters. The molecule has 4 heteroatoms. The van der Waals surface area contributed by atoms with Crippen LogP contribution in [0.2, 0.25) is 19.6 Å². The van der Waals surface area contributed by atoms with E-state index in [4.69, 9.17) is 9.57 Å². The van der Waals surface area contributed by atoms with E-state index in [0.29, 0.717) is 12.5 Å². The lowest BCUT2D eigenvalue weighted by Crippen LogP contribution is -2.46. The highest BCUT2D eigenvalue weighted by molar-refractivity contribution is 6.76. The Morgan fingerprint density at radius 1 is 0.833 bits per heavy atom. The summed E-state index contributed by atoms with van der Waals surface area (Å²) in [6, 6.07) is 21.3. The Morgan fingerprint density at radius 3 is 1.77 bits per heavy atom. The third kappa shape index (κ3) is 7.66. The Hall–Kier alpha value is -1.46. The molecular formula is C26H41NO2Si. The maximum atomic E-state index is 6.82. The van der Waals surface area contributed by atoms with Gasteiger partial charge in [-0.2, -0.15) is 5.06 Å². The molecule has 0 heterocycles. The number of hydroxylamine groups is 2. The summed E-state index contributed by atoms with van der Waals surface area (Å²) >= 11 is 0. The molecule has 0 saturated heterocycles. The van der Waals surface area contributed by atoms with Crippen LogP contribution >= 0.6 is 0 Å². The molecule has 0 bridgehead atoms. The zero-order chi connectivity index (χ0) is 22.4. The Bertz CT molecular complexity index is 735. The second-order valence-electron chi connectivity index (χ2n) is 10.7. The molecule has 0 aromatic heterocycles. The van der Waals surface area contributed by atoms with Crippen molar-refractivity contribution in [2.75, 3.05) is 12.8 Å². The third-order valence-corrected chi connectivity index (χ3v) is 5.97. The third-order valence-electron chi connectivity index (χ3n) is 4.90. The van der Waals surface area contributed by atoms with Gasteiger partial charge in [-0.05, 0) is 37.8 Å². The second kappa shape index (κ2) is 10.7. The molecule has 0 aliphatic heterocycles. The molecule has 2 rings (SSSR count). The van der Waals surface area contributed by atoms with Crippen LogP contribution in [0, 0.1) is 5.92 Å². The van der Waals surface area contributed by atoms with Crippen LogP contribution in [-0.4, -0.2) is 31.5 Å². The highest BCUT2D eigenvalue weighted by Crippen LogP contribution is 2.37. The first-order chi connectivity index (χ1) is 14.0. The smallest absolute Gasteiger partial charge is 0.128 e. The lowest BCUT2D eigenvalue weighted by molar-refractivity contribution is -0.283. The molecule has 0 saturated carbocycles. The van der Waals surface area contributed by atoms with Crippen molar-refractivity contribution in [3.05, 3.63) is 71.8 Å². The van der Waals surface area contributed by atoms with Gasteiger partial charge in [0.05, 0.1) is 20.7 Å². The van der Waals surface area contributed by atoms with Gasteiger partial charge in [0.15, 0.2) is 0 Å². The summed E-state index contributed by atoms with van der Waals surface area (Å²) in [5, 5.41) is 2.20. The lowest BCUT2D eigenvalue weighted by atomic mass is 9.92. The Morgan fingerprint density at radius 2 is 1.33 bits per heavy atom. The minimum absolute atomic E-state index is 0.147. The summed E-state index contributed by atoms with van der Waals surface area (Å²) in [4.78, 5) is 6.82. The molecular weight excluding hydrogens is 386 g/mol. The molecule has 30 heavy (non-hydrogen) atoms. The molecule has 3 nitrogen and oxygen atoms in total. The van der Waals surface area contributed by atoms with Gasteiger partial charge >= 0.3 is 0 Å². The fraction of sp³-hybridized carbons (Fsp3) is 0.538. The van der Waals surface area contributed by atoms with Gasteiger partial charge in [-0.1, -0.05) is 94.2 Å². The van der Waals surface area contributed by atoms with Gasteiger partial charge in [-0.25, -0.2) is 0 Å². The summed E-state index contributed by atoms with van der Waals surface area (Å²) in [7, 11) is -1.29. The van der Waals surface area contributed by atoms with Crippen molar-refractivity contribution >= 4 is 8.07 Å². The second-order valence-corrected chi connectivity index (χ2v) is 16.1. The molecule has 0 aliphatic carbocycles. The van der Waals surface area contributed by atoms with E-state index in [0.717, 1.165) is 11.8 Å². The quantitative estimate of drug-likeness (QED) is 0.299. The average Bonchev–Trinajstić information content (AvgIpc) is 2.66. The molecule has 0 N–H and O–H groups in total. The van der Waals surface area contributed by atoms with Gasteiger partial charge in [-0.15, -0.1) is 0 Å². The first-order valence-electron chi connectivity index (χ1n) is 11.1. The number of rotatable bonds is 10. The van der Waals surface area contributed by atoms with Crippen molar-refractivity contribution in [3.8, 4) is 0 Å². The molecule has 2 aromatic rings. The summed E-state index contributed by atoms with van der Waals surface area (Å²) in [6.07, 6.45) is 0.688. The van der Waals surface area contributed by atoms with Gasteiger partial charge in [0.1, 0.15) is 6.10 Å². The number of benzene rings is 2. The summed E-state index contributed by atoms with van der Waals surface area (Å²) in [6.45, 7) is 18.7. The van der Waals surface area contributed by atoms with Gasteiger partial charge in [0.25, 0.3) is 0 Å². The van der Waals surface area contributed by atoms with E-state index in [1.807, 2.05) is 6.07 Å². The molecule has 0 spiro atoms. The van der Waals surface area contributed by atoms with Gasteiger partial charge in [0, 0.05) is 11.8 Å². The highest BCUT2D eigenvalue weighted by Gasteiger charge is 2.35. The van der Waals surface area contributed by atoms with Crippen LogP contribution in [0.25, 0.3) is 0 Å². The van der Waals surface area contributed by atoms with Gasteiger partial charge < -0.3 is 4.74 Å². The molecule has 0 fully saturated rings. The minimum atomic E-state index is -1.29. The first-order valence-corrected chi connectivity index (χ1v) is 14.8. The molecule has 2 atom stereocenters. The first kappa shape index (κ1) is 24.8. The molecule has 0 aliphatic rings. The van der Waals surface area contributed by atoms with E-state index in [-0.39, 0.29) is 17.7 Å². The maximum Gasteiger partial charge on any atom is 0.128 e. The van der Waals surface area contributed by atoms with Crippen LogP contribution in [0.15, 0.2) is 60.7 Å². The SMILES string of the molecule is CC(C)C(c1ccccc1)N(OC(COC[Si](C)(C)C)c1ccccc1)C(C)(C)C. The van der Waals surface area contributed by atoms with E-state index in [1.54, 1.807) is 0 Å². The Labute approximate surface area is 185 Å². The zero-order valence-corrected chi connectivity index (χ0v) is 21.2. The van der Waals surface area contributed by atoms with Crippen molar-refractivity contribution in [2.45, 2.75) is 71.9 Å². The lowest BCUT2D eigenvalue weighted by Gasteiger charge is -2.44. The van der Waals surface area contributed by atoms with Crippen molar-refractivity contribution in [1.82, 2.24) is 5.06 Å². The predicted molar refractivity (Wildman–Crippen MR) is 130 cm³/mol. The van der Waals surface area contributed by atoms with E-state index < -0.39 is 8.07 Å². The number of hydrogen-bond donors (Lipinski definition) is 0. The Kier molecular flexibility index (Phi) is 8.86. The largest absolute Gasteiger partial charge is 0.382 e. The molecule has 2 aromatic carbocycles. The molecule has 0 radical (unpaired) electrons. The van der Waals surface area contributed by atoms with Crippen LogP contribution in [0.1, 0.15) is 57.9 Å². The van der Waals surface area contributed by atoms with E-state index in [9.17, 15) is 0 Å². The standard InChI is InChI=1S/C26H41NO2Si/c1-21(2)25(23-17-13-10-14-18-23)27(26(3,4)5)29-24(19-28-20-30(6,7)8)22-15-11-9-12-16-22/h9-18,21,24-25H,19-20H2,1-8H3. The normalized spacial score (nSPS) is 14.9. The fourth-order valence-corrected chi connectivity index (χ4v) is 4.28. The van der Waals surface area contributed by atoms with Crippen LogP contribution in [0.3, 0.4) is 0 Å². The maximum absolute atomic E-state index is 6.82. The molecule has 166 valence electrons. The van der Waals surface area contributed by atoms with Crippen LogP contribution in [0.4, 0.5) is 0 Å². The van der Waals surface area contributed by atoms with Crippen LogP contribution in [0.5, 0.6) is 0 Å². The fourth-order valence-electron chi connectivity index (χ4n) is 3.55. The van der Waals surface area contributed by atoms with Gasteiger partial charge in [-0.3, -0.25) is 4.84 Å². The summed E-state index contributed by atoms with van der Waals surface area (Å²) in [5.74, 6) is 0.394. The van der Waals surface area contributed by atoms with Crippen molar-refractivity contribution in [3.63, 3.8) is 0 Å². The van der Waals surface area contributed by atoms with E-state index >= 15 is 0 Å². The molecule has 0 amide bonds. The summed E-state index contributed by atoms with van der Waals surface area (Å²) in [5.41, 5.74) is 2.26. The average molecular weight is 428 g/mol. The van der Waals surface area contributed by atoms with Crippen LogP contribution in [-0.2, 0) is 9.57 Å². The van der Waals surface area contributed by atoms with Gasteiger partial charge in [0.2, 0.25) is 0 Å². The monoisotopic (exact) mass is 427 g/mol. The van der Waals surface area contributed by atoms with Crippen molar-refractivity contribution in [2.24, 2.45) is 5.92 Å². The number of nitrogens with zero attached hydrogens (tertiary/aromatic N) is 1. The minimum Gasteiger partial charge on any atom is -0.382 e. The summed E-state index contributed by atoms with van der Waals surface area (Å²) < 4.78 is 6.18. The van der Waals surface area contributed by atoms with Crippen molar-refractivity contribution in [1.29, 1.82) is 0 Å².